The molecular formula is C14H17FN2OS. The molecule has 0 saturated carbocycles. The third-order valence-electron chi connectivity index (χ3n) is 2.66. The monoisotopic (exact) mass is 280 g/mol. The van der Waals surface area contributed by atoms with Crippen molar-refractivity contribution in [2.75, 3.05) is 7.11 Å². The molecule has 2 rings (SSSR count). The molecule has 1 heterocycles. The normalized spacial score (nSPS) is 11.0. The third kappa shape index (κ3) is 3.30. The van der Waals surface area contributed by atoms with E-state index in [4.69, 9.17) is 4.74 Å². The minimum atomic E-state index is -0.312. The van der Waals surface area contributed by atoms with Gasteiger partial charge in [-0.3, -0.25) is 0 Å². The molecule has 0 spiro atoms. The van der Waals surface area contributed by atoms with Crippen molar-refractivity contribution in [2.24, 2.45) is 0 Å². The van der Waals surface area contributed by atoms with Gasteiger partial charge in [-0.1, -0.05) is 19.9 Å². The number of methoxy groups -OCH3 is 1. The smallest absolute Gasteiger partial charge is 0.136 e. The Morgan fingerprint density at radius 3 is 2.89 bits per heavy atom. The van der Waals surface area contributed by atoms with Crippen LogP contribution in [0.1, 0.15) is 18.9 Å². The highest BCUT2D eigenvalue weighted by molar-refractivity contribution is 7.09. The van der Waals surface area contributed by atoms with E-state index in [1.54, 1.807) is 12.1 Å². The highest BCUT2D eigenvalue weighted by Gasteiger charge is 2.14. The van der Waals surface area contributed by atoms with Crippen LogP contribution in [-0.2, 0) is 6.54 Å². The minimum absolute atomic E-state index is 0.312. The van der Waals surface area contributed by atoms with Crippen LogP contribution in [0.5, 0.6) is 5.75 Å². The highest BCUT2D eigenvalue weighted by Crippen LogP contribution is 2.32. The molecule has 0 aliphatic carbocycles. The van der Waals surface area contributed by atoms with Gasteiger partial charge in [-0.25, -0.2) is 9.37 Å². The number of hydrogen-bond donors (Lipinski definition) is 1. The van der Waals surface area contributed by atoms with Crippen molar-refractivity contribution in [3.63, 3.8) is 0 Å². The van der Waals surface area contributed by atoms with Crippen LogP contribution in [0.4, 0.5) is 4.39 Å². The van der Waals surface area contributed by atoms with Gasteiger partial charge in [0, 0.05) is 18.0 Å². The predicted molar refractivity (Wildman–Crippen MR) is 76.0 cm³/mol. The first-order valence-electron chi connectivity index (χ1n) is 6.12. The summed E-state index contributed by atoms with van der Waals surface area (Å²) in [5.41, 5.74) is 1.05. The molecule has 5 heteroatoms. The van der Waals surface area contributed by atoms with E-state index >= 15 is 0 Å². The lowest BCUT2D eigenvalue weighted by atomic mass is 10.1. The number of hydrogen-bond acceptors (Lipinski definition) is 4. The van der Waals surface area contributed by atoms with Crippen LogP contribution < -0.4 is 10.1 Å². The highest BCUT2D eigenvalue weighted by atomic mass is 32.1. The van der Waals surface area contributed by atoms with Crippen LogP contribution >= 0.6 is 11.3 Å². The molecule has 0 fully saturated rings. The van der Waals surface area contributed by atoms with E-state index in [1.165, 1.54) is 24.5 Å². The first-order valence-corrected chi connectivity index (χ1v) is 7.00. The summed E-state index contributed by atoms with van der Waals surface area (Å²) < 4.78 is 19.1. The number of ether oxygens (including phenoxy) is 1. The summed E-state index contributed by atoms with van der Waals surface area (Å²) >= 11 is 1.52. The Balaban J connectivity index is 2.28. The number of nitrogens with zero attached hydrogens (tertiary/aromatic N) is 1. The minimum Gasteiger partial charge on any atom is -0.496 e. The van der Waals surface area contributed by atoms with Crippen LogP contribution in [0, 0.1) is 5.82 Å². The Kier molecular flexibility index (Phi) is 4.50. The first-order chi connectivity index (χ1) is 9.11. The van der Waals surface area contributed by atoms with Crippen molar-refractivity contribution < 1.29 is 9.13 Å². The molecule has 0 aliphatic heterocycles. The zero-order valence-electron chi connectivity index (χ0n) is 11.2. The molecule has 3 nitrogen and oxygen atoms in total. The number of aromatic nitrogens is 1. The summed E-state index contributed by atoms with van der Waals surface area (Å²) in [6.07, 6.45) is 0. The zero-order valence-corrected chi connectivity index (χ0v) is 12.1. The topological polar surface area (TPSA) is 34.1 Å². The summed E-state index contributed by atoms with van der Waals surface area (Å²) in [6, 6.07) is 5.19. The summed E-state index contributed by atoms with van der Waals surface area (Å²) in [4.78, 5) is 4.46. The SMILES string of the molecule is COc1cccc(F)c1-c1csc(CNC(C)C)n1. The summed E-state index contributed by atoms with van der Waals surface area (Å²) in [5.74, 6) is 0.196. The molecule has 0 unspecified atom stereocenters. The largest absolute Gasteiger partial charge is 0.496 e. The van der Waals surface area contributed by atoms with E-state index in [0.717, 1.165) is 5.01 Å². The van der Waals surface area contributed by atoms with Gasteiger partial charge in [0.2, 0.25) is 0 Å². The maximum Gasteiger partial charge on any atom is 0.136 e. The number of nitrogens with one attached hydrogen (secondary N) is 1. The van der Waals surface area contributed by atoms with E-state index in [9.17, 15) is 4.39 Å². The second-order valence-electron chi connectivity index (χ2n) is 4.48. The van der Waals surface area contributed by atoms with Gasteiger partial charge in [-0.2, -0.15) is 0 Å². The maximum atomic E-state index is 13.9. The van der Waals surface area contributed by atoms with E-state index in [1.807, 2.05) is 5.38 Å². The molecule has 1 aromatic carbocycles. The maximum absolute atomic E-state index is 13.9. The molecule has 2 aromatic rings. The lowest BCUT2D eigenvalue weighted by molar-refractivity contribution is 0.413. The van der Waals surface area contributed by atoms with Gasteiger partial charge in [0.1, 0.15) is 16.6 Å². The average molecular weight is 280 g/mol. The second kappa shape index (κ2) is 6.12. The number of benzene rings is 1. The van der Waals surface area contributed by atoms with Gasteiger partial charge in [0.25, 0.3) is 0 Å². The predicted octanol–water partition coefficient (Wildman–Crippen LogP) is 3.46. The molecule has 0 amide bonds. The zero-order chi connectivity index (χ0) is 13.8. The van der Waals surface area contributed by atoms with Gasteiger partial charge in [-0.15, -0.1) is 11.3 Å². The molecule has 0 aliphatic rings. The van der Waals surface area contributed by atoms with Crippen LogP contribution in [0.15, 0.2) is 23.6 Å². The van der Waals surface area contributed by atoms with Crippen LogP contribution in [0.3, 0.4) is 0 Å². The molecule has 102 valence electrons. The summed E-state index contributed by atoms with van der Waals surface area (Å²) in [6.45, 7) is 4.85. The van der Waals surface area contributed by atoms with Gasteiger partial charge in [0.15, 0.2) is 0 Å². The van der Waals surface area contributed by atoms with Crippen LogP contribution in [0.2, 0.25) is 0 Å². The number of rotatable bonds is 5. The molecule has 1 N–H and O–H groups in total. The lowest BCUT2D eigenvalue weighted by Gasteiger charge is -2.07. The third-order valence-corrected chi connectivity index (χ3v) is 3.51. The molecule has 0 bridgehead atoms. The van der Waals surface area contributed by atoms with Crippen LogP contribution in [0.25, 0.3) is 11.3 Å². The number of halogens is 1. The van der Waals surface area contributed by atoms with E-state index in [0.29, 0.717) is 29.6 Å². The molecule has 1 aromatic heterocycles. The Bertz CT molecular complexity index is 554. The fourth-order valence-corrected chi connectivity index (χ4v) is 2.46. The van der Waals surface area contributed by atoms with Gasteiger partial charge >= 0.3 is 0 Å². The van der Waals surface area contributed by atoms with Crippen molar-refractivity contribution in [1.82, 2.24) is 10.3 Å². The van der Waals surface area contributed by atoms with Crippen molar-refractivity contribution in [3.8, 4) is 17.0 Å². The first kappa shape index (κ1) is 14.0. The van der Waals surface area contributed by atoms with Crippen LogP contribution in [-0.4, -0.2) is 18.1 Å². The Labute approximate surface area is 116 Å². The average Bonchev–Trinajstić information content (AvgIpc) is 2.84. The quantitative estimate of drug-likeness (QED) is 0.910. The van der Waals surface area contributed by atoms with Gasteiger partial charge < -0.3 is 10.1 Å². The molecular weight excluding hydrogens is 263 g/mol. The molecule has 0 saturated heterocycles. The molecule has 0 atom stereocenters. The standard InChI is InChI=1S/C14H17FN2OS/c1-9(2)16-7-13-17-11(8-19-13)14-10(15)5-4-6-12(14)18-3/h4-6,8-9,16H,7H2,1-3H3. The molecule has 0 radical (unpaired) electrons. The van der Waals surface area contributed by atoms with E-state index < -0.39 is 0 Å². The van der Waals surface area contributed by atoms with Crippen molar-refractivity contribution in [2.45, 2.75) is 26.4 Å². The van der Waals surface area contributed by atoms with Gasteiger partial charge in [-0.05, 0) is 12.1 Å². The second-order valence-corrected chi connectivity index (χ2v) is 5.42. The summed E-state index contributed by atoms with van der Waals surface area (Å²) in [5, 5.41) is 6.09. The Morgan fingerprint density at radius 2 is 2.21 bits per heavy atom. The summed E-state index contributed by atoms with van der Waals surface area (Å²) in [7, 11) is 1.53. The van der Waals surface area contributed by atoms with Crippen molar-refractivity contribution in [1.29, 1.82) is 0 Å². The lowest BCUT2D eigenvalue weighted by Crippen LogP contribution is -2.21. The van der Waals surface area contributed by atoms with E-state index in [-0.39, 0.29) is 5.82 Å². The van der Waals surface area contributed by atoms with Crippen molar-refractivity contribution in [3.05, 3.63) is 34.4 Å². The fourth-order valence-electron chi connectivity index (χ4n) is 1.72. The number of thiazole rings is 1. The fraction of sp³-hybridized carbons (Fsp3) is 0.357. The Hall–Kier alpha value is -1.46. The van der Waals surface area contributed by atoms with Gasteiger partial charge in [0.05, 0.1) is 18.4 Å². The molecule has 19 heavy (non-hydrogen) atoms. The Morgan fingerprint density at radius 1 is 1.42 bits per heavy atom. The van der Waals surface area contributed by atoms with E-state index in [2.05, 4.69) is 24.1 Å². The van der Waals surface area contributed by atoms with Crippen molar-refractivity contribution >= 4 is 11.3 Å².